The van der Waals surface area contributed by atoms with Crippen molar-refractivity contribution in [3.05, 3.63) is 40.6 Å². The van der Waals surface area contributed by atoms with Crippen molar-refractivity contribution >= 4 is 27.4 Å². The minimum atomic E-state index is -0.0504. The Morgan fingerprint density at radius 1 is 1.50 bits per heavy atom. The summed E-state index contributed by atoms with van der Waals surface area (Å²) < 4.78 is 2.56. The molecule has 1 aromatic carbocycles. The number of Topliss-reactive ketones (excluding diaryl/α,β-unsaturated/α-hetero) is 1. The molecule has 82 valence electrons. The predicted octanol–water partition coefficient (Wildman–Crippen LogP) is 2.42. The Hall–Kier alpha value is -1.62. The van der Waals surface area contributed by atoms with Gasteiger partial charge in [0.15, 0.2) is 5.78 Å². The molecule has 0 bridgehead atoms. The molecule has 0 saturated heterocycles. The summed E-state index contributed by atoms with van der Waals surface area (Å²) in [5.41, 5.74) is 7.53. The van der Waals surface area contributed by atoms with Crippen molar-refractivity contribution in [2.24, 2.45) is 0 Å². The molecule has 0 spiro atoms. The molecule has 0 fully saturated rings. The highest BCUT2D eigenvalue weighted by Gasteiger charge is 2.07. The minimum absolute atomic E-state index is 0.0504. The molecule has 0 aliphatic carbocycles. The van der Waals surface area contributed by atoms with E-state index < -0.39 is 0 Å². The van der Waals surface area contributed by atoms with E-state index in [0.717, 1.165) is 10.2 Å². The van der Waals surface area contributed by atoms with Gasteiger partial charge in [0, 0.05) is 17.4 Å². The van der Waals surface area contributed by atoms with E-state index in [1.54, 1.807) is 23.0 Å². The molecule has 0 amide bonds. The van der Waals surface area contributed by atoms with Crippen LogP contribution in [-0.2, 0) is 0 Å². The molecule has 1 heterocycles. The number of carbonyl (C=O) groups is 1. The van der Waals surface area contributed by atoms with Crippen molar-refractivity contribution < 1.29 is 4.79 Å². The zero-order chi connectivity index (χ0) is 11.7. The Morgan fingerprint density at radius 2 is 2.25 bits per heavy atom. The Bertz CT molecular complexity index is 548. The maximum atomic E-state index is 11.3. The van der Waals surface area contributed by atoms with Crippen molar-refractivity contribution in [3.63, 3.8) is 0 Å². The van der Waals surface area contributed by atoms with E-state index in [1.807, 2.05) is 12.3 Å². The van der Waals surface area contributed by atoms with Gasteiger partial charge in [-0.1, -0.05) is 0 Å². The van der Waals surface area contributed by atoms with E-state index >= 15 is 0 Å². The van der Waals surface area contributed by atoms with Gasteiger partial charge in [-0.15, -0.1) is 0 Å². The molecule has 0 radical (unpaired) electrons. The van der Waals surface area contributed by atoms with Crippen molar-refractivity contribution in [3.8, 4) is 5.69 Å². The Balaban J connectivity index is 2.51. The van der Waals surface area contributed by atoms with Crippen LogP contribution in [0.5, 0.6) is 0 Å². The van der Waals surface area contributed by atoms with Gasteiger partial charge in [-0.25, -0.2) is 4.68 Å². The third kappa shape index (κ3) is 1.99. The Morgan fingerprint density at radius 3 is 2.81 bits per heavy atom. The van der Waals surface area contributed by atoms with Crippen LogP contribution in [0.2, 0.25) is 0 Å². The number of hydrogen-bond acceptors (Lipinski definition) is 3. The quantitative estimate of drug-likeness (QED) is 0.678. The van der Waals surface area contributed by atoms with Gasteiger partial charge in [0.25, 0.3) is 0 Å². The van der Waals surface area contributed by atoms with Gasteiger partial charge < -0.3 is 5.73 Å². The number of nitrogens with two attached hydrogens (primary N) is 1. The number of anilines is 1. The summed E-state index contributed by atoms with van der Waals surface area (Å²) in [7, 11) is 0. The first-order chi connectivity index (χ1) is 7.58. The molecule has 4 nitrogen and oxygen atoms in total. The van der Waals surface area contributed by atoms with E-state index in [4.69, 9.17) is 5.73 Å². The van der Waals surface area contributed by atoms with Crippen LogP contribution in [0, 0.1) is 0 Å². The van der Waals surface area contributed by atoms with E-state index in [0.29, 0.717) is 11.3 Å². The highest BCUT2D eigenvalue weighted by Crippen LogP contribution is 2.18. The molecule has 2 rings (SSSR count). The van der Waals surface area contributed by atoms with Gasteiger partial charge in [0.1, 0.15) is 0 Å². The number of aromatic nitrogens is 2. The van der Waals surface area contributed by atoms with Crippen LogP contribution in [0.25, 0.3) is 5.69 Å². The van der Waals surface area contributed by atoms with Crippen molar-refractivity contribution in [1.29, 1.82) is 0 Å². The Labute approximate surface area is 101 Å². The predicted molar refractivity (Wildman–Crippen MR) is 65.7 cm³/mol. The average molecular weight is 280 g/mol. The fourth-order valence-electron chi connectivity index (χ4n) is 1.43. The normalized spacial score (nSPS) is 10.4. The molecule has 0 saturated carbocycles. The lowest BCUT2D eigenvalue weighted by molar-refractivity contribution is 0.101. The third-order valence-electron chi connectivity index (χ3n) is 2.23. The lowest BCUT2D eigenvalue weighted by Crippen LogP contribution is -2.02. The topological polar surface area (TPSA) is 60.9 Å². The number of carbonyl (C=O) groups excluding carboxylic acids is 1. The highest BCUT2D eigenvalue weighted by molar-refractivity contribution is 9.10. The average Bonchev–Trinajstić information content (AvgIpc) is 2.65. The number of rotatable bonds is 2. The smallest absolute Gasteiger partial charge is 0.161 e. The van der Waals surface area contributed by atoms with E-state index in [9.17, 15) is 4.79 Å². The molecule has 5 heteroatoms. The molecule has 2 N–H and O–H groups in total. The highest BCUT2D eigenvalue weighted by atomic mass is 79.9. The van der Waals surface area contributed by atoms with E-state index in [2.05, 4.69) is 21.0 Å². The fraction of sp³-hybridized carbons (Fsp3) is 0.0909. The second kappa shape index (κ2) is 4.09. The monoisotopic (exact) mass is 279 g/mol. The van der Waals surface area contributed by atoms with Gasteiger partial charge >= 0.3 is 0 Å². The van der Waals surface area contributed by atoms with E-state index in [-0.39, 0.29) is 5.78 Å². The standard InChI is InChI=1S/C11H10BrN3O/c1-7(16)10-4-9(2-3-11(10)13)15-6-8(12)5-14-15/h2-6H,13H2,1H3. The maximum Gasteiger partial charge on any atom is 0.161 e. The van der Waals surface area contributed by atoms with Gasteiger partial charge in [-0.05, 0) is 41.1 Å². The first-order valence-electron chi connectivity index (χ1n) is 4.69. The summed E-state index contributed by atoms with van der Waals surface area (Å²) in [6.45, 7) is 1.49. The van der Waals surface area contributed by atoms with Gasteiger partial charge in [0.2, 0.25) is 0 Å². The van der Waals surface area contributed by atoms with Crippen LogP contribution in [0.15, 0.2) is 35.1 Å². The minimum Gasteiger partial charge on any atom is -0.398 e. The molecule has 0 unspecified atom stereocenters. The second-order valence-corrected chi connectivity index (χ2v) is 4.35. The maximum absolute atomic E-state index is 11.3. The number of nitrogens with zero attached hydrogens (tertiary/aromatic N) is 2. The van der Waals surface area contributed by atoms with Gasteiger partial charge in [-0.3, -0.25) is 4.79 Å². The zero-order valence-corrected chi connectivity index (χ0v) is 10.2. The molecular weight excluding hydrogens is 270 g/mol. The number of benzene rings is 1. The van der Waals surface area contributed by atoms with Crippen LogP contribution < -0.4 is 5.73 Å². The number of ketones is 1. The summed E-state index contributed by atoms with van der Waals surface area (Å²) in [6.07, 6.45) is 3.50. The Kier molecular flexibility index (Phi) is 2.78. The zero-order valence-electron chi connectivity index (χ0n) is 8.64. The van der Waals surface area contributed by atoms with Crippen LogP contribution in [0.1, 0.15) is 17.3 Å². The summed E-state index contributed by atoms with van der Waals surface area (Å²) in [5, 5.41) is 4.13. The van der Waals surface area contributed by atoms with Crippen LogP contribution in [-0.4, -0.2) is 15.6 Å². The van der Waals surface area contributed by atoms with Gasteiger partial charge in [-0.2, -0.15) is 5.10 Å². The lowest BCUT2D eigenvalue weighted by Gasteiger charge is -2.05. The van der Waals surface area contributed by atoms with Crippen molar-refractivity contribution in [1.82, 2.24) is 9.78 Å². The molecule has 16 heavy (non-hydrogen) atoms. The SMILES string of the molecule is CC(=O)c1cc(-n2cc(Br)cn2)ccc1N. The van der Waals surface area contributed by atoms with Gasteiger partial charge in [0.05, 0.1) is 16.4 Å². The first-order valence-corrected chi connectivity index (χ1v) is 5.48. The van der Waals surface area contributed by atoms with Crippen LogP contribution in [0.4, 0.5) is 5.69 Å². The number of nitrogen functional groups attached to an aromatic ring is 1. The summed E-state index contributed by atoms with van der Waals surface area (Å²) >= 11 is 3.32. The molecule has 0 aliphatic heterocycles. The summed E-state index contributed by atoms with van der Waals surface area (Å²) in [6, 6.07) is 5.26. The lowest BCUT2D eigenvalue weighted by atomic mass is 10.1. The molecule has 1 aromatic heterocycles. The molecule has 2 aromatic rings. The fourth-order valence-corrected chi connectivity index (χ4v) is 1.72. The summed E-state index contributed by atoms with van der Waals surface area (Å²) in [5.74, 6) is -0.0504. The van der Waals surface area contributed by atoms with Crippen LogP contribution >= 0.6 is 15.9 Å². The third-order valence-corrected chi connectivity index (χ3v) is 2.64. The summed E-state index contributed by atoms with van der Waals surface area (Å²) in [4.78, 5) is 11.3. The van der Waals surface area contributed by atoms with Crippen molar-refractivity contribution in [2.75, 3.05) is 5.73 Å². The molecular formula is C11H10BrN3O. The first kappa shape index (κ1) is 10.9. The van der Waals surface area contributed by atoms with Crippen LogP contribution in [0.3, 0.4) is 0 Å². The molecule has 0 aliphatic rings. The largest absolute Gasteiger partial charge is 0.398 e. The number of halogens is 1. The molecule has 0 atom stereocenters. The van der Waals surface area contributed by atoms with E-state index in [1.165, 1.54) is 6.92 Å². The van der Waals surface area contributed by atoms with Crippen molar-refractivity contribution in [2.45, 2.75) is 6.92 Å². The number of hydrogen-bond donors (Lipinski definition) is 1. The second-order valence-electron chi connectivity index (χ2n) is 3.43.